The van der Waals surface area contributed by atoms with Crippen molar-refractivity contribution in [1.29, 1.82) is 0 Å². The molecular formula is C20H20ClFN4OS. The van der Waals surface area contributed by atoms with Crippen molar-refractivity contribution in [2.45, 2.75) is 24.5 Å². The molecule has 146 valence electrons. The van der Waals surface area contributed by atoms with Gasteiger partial charge in [-0.1, -0.05) is 54.6 Å². The van der Waals surface area contributed by atoms with E-state index < -0.39 is 0 Å². The zero-order valence-electron chi connectivity index (χ0n) is 15.5. The van der Waals surface area contributed by atoms with Gasteiger partial charge in [0.2, 0.25) is 5.91 Å². The third-order valence-electron chi connectivity index (χ3n) is 4.30. The summed E-state index contributed by atoms with van der Waals surface area (Å²) >= 11 is 7.18. The molecule has 1 amide bonds. The summed E-state index contributed by atoms with van der Waals surface area (Å²) in [6, 6.07) is 13.8. The number of halogens is 2. The Labute approximate surface area is 172 Å². The number of amides is 1. The number of carbonyl (C=O) groups is 1. The maximum Gasteiger partial charge on any atom is 0.230 e. The van der Waals surface area contributed by atoms with Crippen LogP contribution in [0.4, 0.5) is 4.39 Å². The van der Waals surface area contributed by atoms with E-state index in [2.05, 4.69) is 15.5 Å². The monoisotopic (exact) mass is 418 g/mol. The Balaban J connectivity index is 1.63. The Bertz CT molecular complexity index is 961. The minimum absolute atomic E-state index is 0.0844. The molecule has 2 aromatic carbocycles. The molecule has 1 unspecified atom stereocenters. The number of nitrogens with zero attached hydrogens (tertiary/aromatic N) is 3. The van der Waals surface area contributed by atoms with Gasteiger partial charge in [0, 0.05) is 12.1 Å². The standard InChI is InChI=1S/C20H20ClFN4OS/c1-3-17(13-8-10-14(21)11-9-13)23-18(27)12-28-20-25-24-19(26(20)2)15-6-4-5-7-16(15)22/h4-11,17H,3,12H2,1-2H3,(H,23,27). The minimum Gasteiger partial charge on any atom is -0.349 e. The molecule has 0 bridgehead atoms. The summed E-state index contributed by atoms with van der Waals surface area (Å²) in [5, 5.41) is 12.4. The molecular weight excluding hydrogens is 399 g/mol. The summed E-state index contributed by atoms with van der Waals surface area (Å²) < 4.78 is 15.7. The van der Waals surface area contributed by atoms with E-state index in [0.29, 0.717) is 21.6 Å². The molecule has 1 aromatic heterocycles. The summed E-state index contributed by atoms with van der Waals surface area (Å²) in [5.74, 6) is 0.143. The number of hydrogen-bond donors (Lipinski definition) is 1. The van der Waals surface area contributed by atoms with Crippen molar-refractivity contribution in [2.75, 3.05) is 5.75 Å². The molecule has 3 aromatic rings. The van der Waals surface area contributed by atoms with Gasteiger partial charge in [-0.15, -0.1) is 10.2 Å². The molecule has 0 saturated carbocycles. The molecule has 0 aliphatic heterocycles. The van der Waals surface area contributed by atoms with E-state index in [1.165, 1.54) is 17.8 Å². The van der Waals surface area contributed by atoms with Crippen LogP contribution in [0, 0.1) is 5.82 Å². The largest absolute Gasteiger partial charge is 0.349 e. The van der Waals surface area contributed by atoms with E-state index >= 15 is 0 Å². The van der Waals surface area contributed by atoms with Gasteiger partial charge in [-0.3, -0.25) is 4.79 Å². The summed E-state index contributed by atoms with van der Waals surface area (Å²) in [5.41, 5.74) is 1.38. The van der Waals surface area contributed by atoms with Crippen molar-refractivity contribution in [1.82, 2.24) is 20.1 Å². The Hall–Kier alpha value is -2.38. The smallest absolute Gasteiger partial charge is 0.230 e. The molecule has 3 rings (SSSR count). The van der Waals surface area contributed by atoms with E-state index in [4.69, 9.17) is 11.6 Å². The molecule has 0 fully saturated rings. The highest BCUT2D eigenvalue weighted by Crippen LogP contribution is 2.25. The fourth-order valence-corrected chi connectivity index (χ4v) is 3.65. The second kappa shape index (κ2) is 9.21. The maximum absolute atomic E-state index is 14.0. The number of carbonyl (C=O) groups excluding carboxylic acids is 1. The van der Waals surface area contributed by atoms with Crippen LogP contribution < -0.4 is 5.32 Å². The van der Waals surface area contributed by atoms with Crippen LogP contribution in [0.25, 0.3) is 11.4 Å². The number of nitrogens with one attached hydrogen (secondary N) is 1. The predicted octanol–water partition coefficient (Wildman–Crippen LogP) is 4.63. The highest BCUT2D eigenvalue weighted by atomic mass is 35.5. The number of hydrogen-bond acceptors (Lipinski definition) is 4. The van der Waals surface area contributed by atoms with Crippen LogP contribution in [0.3, 0.4) is 0 Å². The molecule has 8 heteroatoms. The maximum atomic E-state index is 14.0. The van der Waals surface area contributed by atoms with Crippen molar-refractivity contribution < 1.29 is 9.18 Å². The average molecular weight is 419 g/mol. The first kappa shape index (κ1) is 20.4. The molecule has 0 spiro atoms. The number of thioether (sulfide) groups is 1. The van der Waals surface area contributed by atoms with E-state index in [9.17, 15) is 9.18 Å². The van der Waals surface area contributed by atoms with Crippen molar-refractivity contribution in [2.24, 2.45) is 7.05 Å². The quantitative estimate of drug-likeness (QED) is 0.568. The molecule has 1 atom stereocenters. The van der Waals surface area contributed by atoms with Gasteiger partial charge in [0.15, 0.2) is 11.0 Å². The lowest BCUT2D eigenvalue weighted by molar-refractivity contribution is -0.119. The third-order valence-corrected chi connectivity index (χ3v) is 5.57. The summed E-state index contributed by atoms with van der Waals surface area (Å²) in [6.45, 7) is 2.01. The third kappa shape index (κ3) is 4.72. The number of rotatable bonds is 7. The van der Waals surface area contributed by atoms with Crippen LogP contribution in [0.5, 0.6) is 0 Å². The highest BCUT2D eigenvalue weighted by Gasteiger charge is 2.17. The SMILES string of the molecule is CCC(NC(=O)CSc1nnc(-c2ccccc2F)n1C)c1ccc(Cl)cc1. The van der Waals surface area contributed by atoms with E-state index in [1.54, 1.807) is 29.8 Å². The second-order valence-electron chi connectivity index (χ2n) is 6.21. The van der Waals surface area contributed by atoms with Gasteiger partial charge >= 0.3 is 0 Å². The fraction of sp³-hybridized carbons (Fsp3) is 0.250. The summed E-state index contributed by atoms with van der Waals surface area (Å²) in [7, 11) is 1.75. The van der Waals surface area contributed by atoms with Gasteiger partial charge < -0.3 is 9.88 Å². The lowest BCUT2D eigenvalue weighted by Crippen LogP contribution is -2.29. The van der Waals surface area contributed by atoms with E-state index in [1.807, 2.05) is 31.2 Å². The van der Waals surface area contributed by atoms with Gasteiger partial charge in [-0.05, 0) is 36.2 Å². The Morgan fingerprint density at radius 3 is 2.61 bits per heavy atom. The first-order valence-electron chi connectivity index (χ1n) is 8.81. The van der Waals surface area contributed by atoms with Crippen molar-refractivity contribution in [3.05, 3.63) is 64.9 Å². The van der Waals surface area contributed by atoms with Crippen LogP contribution in [-0.4, -0.2) is 26.4 Å². The van der Waals surface area contributed by atoms with Crippen molar-refractivity contribution in [3.8, 4) is 11.4 Å². The summed E-state index contributed by atoms with van der Waals surface area (Å²) in [6.07, 6.45) is 0.763. The van der Waals surface area contributed by atoms with Crippen molar-refractivity contribution in [3.63, 3.8) is 0 Å². The molecule has 5 nitrogen and oxygen atoms in total. The van der Waals surface area contributed by atoms with E-state index in [0.717, 1.165) is 12.0 Å². The van der Waals surface area contributed by atoms with Crippen LogP contribution in [-0.2, 0) is 11.8 Å². The van der Waals surface area contributed by atoms with Crippen LogP contribution in [0.15, 0.2) is 53.7 Å². The molecule has 1 heterocycles. The van der Waals surface area contributed by atoms with Crippen LogP contribution in [0.2, 0.25) is 5.02 Å². The van der Waals surface area contributed by atoms with E-state index in [-0.39, 0.29) is 23.5 Å². The lowest BCUT2D eigenvalue weighted by atomic mass is 10.0. The van der Waals surface area contributed by atoms with Gasteiger partial charge in [0.25, 0.3) is 0 Å². The van der Waals surface area contributed by atoms with Gasteiger partial charge in [-0.25, -0.2) is 4.39 Å². The number of benzene rings is 2. The predicted molar refractivity (Wildman–Crippen MR) is 110 cm³/mol. The lowest BCUT2D eigenvalue weighted by Gasteiger charge is -2.17. The molecule has 0 aliphatic carbocycles. The average Bonchev–Trinajstić information content (AvgIpc) is 3.06. The molecule has 0 aliphatic rings. The van der Waals surface area contributed by atoms with Crippen LogP contribution in [0.1, 0.15) is 24.9 Å². The normalized spacial score (nSPS) is 12.0. The zero-order valence-corrected chi connectivity index (χ0v) is 17.1. The molecule has 28 heavy (non-hydrogen) atoms. The topological polar surface area (TPSA) is 59.8 Å². The number of aromatic nitrogens is 3. The van der Waals surface area contributed by atoms with Crippen molar-refractivity contribution >= 4 is 29.3 Å². The van der Waals surface area contributed by atoms with Gasteiger partial charge in [0.05, 0.1) is 17.4 Å². The first-order chi connectivity index (χ1) is 13.5. The molecule has 0 radical (unpaired) electrons. The molecule has 0 saturated heterocycles. The fourth-order valence-electron chi connectivity index (χ4n) is 2.80. The Kier molecular flexibility index (Phi) is 6.70. The Morgan fingerprint density at radius 2 is 1.93 bits per heavy atom. The minimum atomic E-state index is -0.360. The summed E-state index contributed by atoms with van der Waals surface area (Å²) in [4.78, 5) is 12.4. The zero-order chi connectivity index (χ0) is 20.1. The first-order valence-corrected chi connectivity index (χ1v) is 10.2. The van der Waals surface area contributed by atoms with Gasteiger partial charge in [-0.2, -0.15) is 0 Å². The highest BCUT2D eigenvalue weighted by molar-refractivity contribution is 7.99. The Morgan fingerprint density at radius 1 is 1.21 bits per heavy atom. The van der Waals surface area contributed by atoms with Gasteiger partial charge in [0.1, 0.15) is 5.82 Å². The second-order valence-corrected chi connectivity index (χ2v) is 7.59. The molecule has 1 N–H and O–H groups in total. The van der Waals surface area contributed by atoms with Crippen LogP contribution >= 0.6 is 23.4 Å².